The predicted octanol–water partition coefficient (Wildman–Crippen LogP) is 3.37. The van der Waals surface area contributed by atoms with Crippen LogP contribution in [-0.2, 0) is 6.54 Å². The number of pyridine rings is 1. The van der Waals surface area contributed by atoms with Crippen LogP contribution in [-0.4, -0.2) is 45.0 Å². The molecule has 0 saturated heterocycles. The van der Waals surface area contributed by atoms with Gasteiger partial charge in [0.1, 0.15) is 0 Å². The quantitative estimate of drug-likeness (QED) is 0.849. The molecule has 2 heterocycles. The van der Waals surface area contributed by atoms with Crippen LogP contribution >= 0.6 is 0 Å². The molecule has 9 heteroatoms. The topological polar surface area (TPSA) is 63.1 Å². The molecule has 0 aliphatic carbocycles. The van der Waals surface area contributed by atoms with Crippen LogP contribution in [0.3, 0.4) is 0 Å². The SMILES string of the molecule is CCN(CCC(F)(F)F)C(=O)NCc1ccc(-n2nc(C)cc2C)nc1. The van der Waals surface area contributed by atoms with Gasteiger partial charge in [0.25, 0.3) is 0 Å². The third-order valence-electron chi connectivity index (χ3n) is 3.81. The fourth-order valence-electron chi connectivity index (χ4n) is 2.46. The van der Waals surface area contributed by atoms with Crippen molar-refractivity contribution in [1.82, 2.24) is 25.0 Å². The van der Waals surface area contributed by atoms with Gasteiger partial charge < -0.3 is 10.2 Å². The number of carbonyl (C=O) groups is 1. The van der Waals surface area contributed by atoms with Crippen LogP contribution in [0.1, 0.15) is 30.3 Å². The Balaban J connectivity index is 1.92. The second-order valence-corrected chi connectivity index (χ2v) is 5.97. The summed E-state index contributed by atoms with van der Waals surface area (Å²) in [7, 11) is 0. The average Bonchev–Trinajstić information content (AvgIpc) is 2.91. The predicted molar refractivity (Wildman–Crippen MR) is 91.0 cm³/mol. The molecule has 0 fully saturated rings. The molecule has 142 valence electrons. The molecule has 0 unspecified atom stereocenters. The van der Waals surface area contributed by atoms with Crippen LogP contribution in [0, 0.1) is 13.8 Å². The van der Waals surface area contributed by atoms with E-state index in [-0.39, 0.29) is 19.6 Å². The van der Waals surface area contributed by atoms with Gasteiger partial charge in [-0.2, -0.15) is 18.3 Å². The summed E-state index contributed by atoms with van der Waals surface area (Å²) in [5.74, 6) is 0.658. The highest BCUT2D eigenvalue weighted by Gasteiger charge is 2.28. The first-order chi connectivity index (χ1) is 12.2. The number of halogens is 3. The summed E-state index contributed by atoms with van der Waals surface area (Å²) < 4.78 is 38.6. The fraction of sp³-hybridized carbons (Fsp3) is 0.471. The van der Waals surface area contributed by atoms with Crippen LogP contribution in [0.15, 0.2) is 24.4 Å². The molecule has 0 radical (unpaired) electrons. The Bertz CT molecular complexity index is 740. The number of urea groups is 1. The van der Waals surface area contributed by atoms with Crippen molar-refractivity contribution < 1.29 is 18.0 Å². The third kappa shape index (κ3) is 5.47. The Kier molecular flexibility index (Phi) is 6.23. The summed E-state index contributed by atoms with van der Waals surface area (Å²) in [5, 5.41) is 6.96. The van der Waals surface area contributed by atoms with Gasteiger partial charge in [-0.25, -0.2) is 14.5 Å². The molecule has 26 heavy (non-hydrogen) atoms. The summed E-state index contributed by atoms with van der Waals surface area (Å²) >= 11 is 0. The molecule has 1 N–H and O–H groups in total. The molecule has 0 aliphatic heterocycles. The van der Waals surface area contributed by atoms with E-state index in [4.69, 9.17) is 0 Å². The standard InChI is InChI=1S/C17H22F3N5O/c1-4-24(8-7-17(18,19)20)16(26)22-11-14-5-6-15(21-10-14)25-13(3)9-12(2)23-25/h5-6,9-10H,4,7-8,11H2,1-3H3,(H,22,26). The minimum atomic E-state index is -4.28. The third-order valence-corrected chi connectivity index (χ3v) is 3.81. The van der Waals surface area contributed by atoms with Gasteiger partial charge in [0.05, 0.1) is 12.1 Å². The zero-order valence-corrected chi connectivity index (χ0v) is 15.0. The molecule has 2 aromatic rings. The van der Waals surface area contributed by atoms with E-state index in [1.165, 1.54) is 0 Å². The van der Waals surface area contributed by atoms with Crippen LogP contribution in [0.25, 0.3) is 5.82 Å². The number of nitrogens with zero attached hydrogens (tertiary/aromatic N) is 4. The highest BCUT2D eigenvalue weighted by Crippen LogP contribution is 2.19. The van der Waals surface area contributed by atoms with Crippen molar-refractivity contribution in [1.29, 1.82) is 0 Å². The largest absolute Gasteiger partial charge is 0.390 e. The number of aromatic nitrogens is 3. The number of alkyl halides is 3. The van der Waals surface area contributed by atoms with E-state index >= 15 is 0 Å². The maximum atomic E-state index is 12.3. The van der Waals surface area contributed by atoms with Gasteiger partial charge in [0.2, 0.25) is 0 Å². The van der Waals surface area contributed by atoms with Gasteiger partial charge in [0.15, 0.2) is 5.82 Å². The van der Waals surface area contributed by atoms with E-state index in [9.17, 15) is 18.0 Å². The average molecular weight is 369 g/mol. The Labute approximate surface area is 150 Å². The molecule has 0 aliphatic rings. The smallest absolute Gasteiger partial charge is 0.334 e. The molecule has 0 bridgehead atoms. The van der Waals surface area contributed by atoms with Crippen molar-refractivity contribution in [3.63, 3.8) is 0 Å². The molecule has 2 rings (SSSR count). The number of carbonyl (C=O) groups excluding carboxylic acids is 1. The zero-order chi connectivity index (χ0) is 19.3. The number of nitrogens with one attached hydrogen (secondary N) is 1. The number of rotatable bonds is 6. The number of hydrogen-bond donors (Lipinski definition) is 1. The Morgan fingerprint density at radius 3 is 2.54 bits per heavy atom. The number of aryl methyl sites for hydroxylation is 2. The normalized spacial score (nSPS) is 11.5. The molecule has 0 spiro atoms. The van der Waals surface area contributed by atoms with Crippen LogP contribution in [0.5, 0.6) is 0 Å². The minimum Gasteiger partial charge on any atom is -0.334 e. The zero-order valence-electron chi connectivity index (χ0n) is 15.0. The Hall–Kier alpha value is -2.58. The van der Waals surface area contributed by atoms with Gasteiger partial charge in [-0.05, 0) is 38.5 Å². The summed E-state index contributed by atoms with van der Waals surface area (Å²) in [6.07, 6.45) is -3.69. The monoisotopic (exact) mass is 369 g/mol. The minimum absolute atomic E-state index is 0.186. The van der Waals surface area contributed by atoms with E-state index in [2.05, 4.69) is 15.4 Å². The maximum absolute atomic E-state index is 12.3. The summed E-state index contributed by atoms with van der Waals surface area (Å²) in [6, 6.07) is 4.99. The van der Waals surface area contributed by atoms with E-state index in [0.717, 1.165) is 21.9 Å². The highest BCUT2D eigenvalue weighted by atomic mass is 19.4. The van der Waals surface area contributed by atoms with Crippen molar-refractivity contribution in [2.24, 2.45) is 0 Å². The summed E-state index contributed by atoms with van der Waals surface area (Å²) in [6.45, 7) is 5.49. The summed E-state index contributed by atoms with van der Waals surface area (Å²) in [5.41, 5.74) is 2.59. The molecular formula is C17H22F3N5O. The van der Waals surface area contributed by atoms with E-state index in [1.807, 2.05) is 19.9 Å². The molecule has 2 aromatic heterocycles. The van der Waals surface area contributed by atoms with Gasteiger partial charge >= 0.3 is 12.2 Å². The lowest BCUT2D eigenvalue weighted by Gasteiger charge is -2.22. The van der Waals surface area contributed by atoms with Crippen molar-refractivity contribution in [2.75, 3.05) is 13.1 Å². The number of amides is 2. The molecule has 0 atom stereocenters. The second kappa shape index (κ2) is 8.20. The van der Waals surface area contributed by atoms with Gasteiger partial charge in [-0.3, -0.25) is 0 Å². The van der Waals surface area contributed by atoms with E-state index < -0.39 is 18.6 Å². The van der Waals surface area contributed by atoms with Crippen molar-refractivity contribution in [2.45, 2.75) is 39.9 Å². The lowest BCUT2D eigenvalue weighted by Crippen LogP contribution is -2.41. The van der Waals surface area contributed by atoms with Crippen LogP contribution in [0.2, 0.25) is 0 Å². The maximum Gasteiger partial charge on any atom is 0.390 e. The van der Waals surface area contributed by atoms with Crippen molar-refractivity contribution in [3.8, 4) is 5.82 Å². The van der Waals surface area contributed by atoms with Crippen molar-refractivity contribution >= 4 is 6.03 Å². The Morgan fingerprint density at radius 1 is 1.31 bits per heavy atom. The first-order valence-corrected chi connectivity index (χ1v) is 8.27. The highest BCUT2D eigenvalue weighted by molar-refractivity contribution is 5.74. The van der Waals surface area contributed by atoms with E-state index in [1.54, 1.807) is 29.9 Å². The molecule has 0 saturated carbocycles. The molecular weight excluding hydrogens is 347 g/mol. The Morgan fingerprint density at radius 2 is 2.04 bits per heavy atom. The van der Waals surface area contributed by atoms with Gasteiger partial charge in [0, 0.05) is 31.5 Å². The van der Waals surface area contributed by atoms with Crippen LogP contribution in [0.4, 0.5) is 18.0 Å². The van der Waals surface area contributed by atoms with Crippen LogP contribution < -0.4 is 5.32 Å². The van der Waals surface area contributed by atoms with Crippen molar-refractivity contribution in [3.05, 3.63) is 41.3 Å². The fourth-order valence-corrected chi connectivity index (χ4v) is 2.46. The van der Waals surface area contributed by atoms with Gasteiger partial charge in [-0.1, -0.05) is 6.07 Å². The van der Waals surface area contributed by atoms with E-state index in [0.29, 0.717) is 5.82 Å². The molecule has 2 amide bonds. The lowest BCUT2D eigenvalue weighted by molar-refractivity contribution is -0.136. The molecule has 0 aromatic carbocycles. The lowest BCUT2D eigenvalue weighted by atomic mass is 10.3. The second-order valence-electron chi connectivity index (χ2n) is 5.97. The van der Waals surface area contributed by atoms with Gasteiger partial charge in [-0.15, -0.1) is 0 Å². The first kappa shape index (κ1) is 19.7. The first-order valence-electron chi connectivity index (χ1n) is 8.27. The number of hydrogen-bond acceptors (Lipinski definition) is 3. The molecule has 6 nitrogen and oxygen atoms in total. The summed E-state index contributed by atoms with van der Waals surface area (Å²) in [4.78, 5) is 17.5.